The quantitative estimate of drug-likeness (QED) is 0.750. The van der Waals surface area contributed by atoms with Crippen molar-refractivity contribution in [2.24, 2.45) is 5.73 Å². The molecule has 1 aromatic heterocycles. The number of rotatable bonds is 3. The maximum absolute atomic E-state index is 5.98. The molecule has 0 spiro atoms. The summed E-state index contributed by atoms with van der Waals surface area (Å²) in [5.41, 5.74) is 7.93. The summed E-state index contributed by atoms with van der Waals surface area (Å²) in [4.78, 5) is 0. The van der Waals surface area contributed by atoms with Crippen molar-refractivity contribution in [3.05, 3.63) is 48.7 Å². The lowest BCUT2D eigenvalue weighted by Gasteiger charge is -2.05. The van der Waals surface area contributed by atoms with Crippen LogP contribution in [0.5, 0.6) is 0 Å². The first-order chi connectivity index (χ1) is 6.83. The number of hydrogen-bond donors (Lipinski definition) is 1. The van der Waals surface area contributed by atoms with Crippen molar-refractivity contribution in [2.45, 2.75) is 12.5 Å². The SMILES string of the molecule is C=CC[C@@H](N)c1coc2ccccc12. The molecule has 0 radical (unpaired) electrons. The van der Waals surface area contributed by atoms with Gasteiger partial charge in [-0.3, -0.25) is 0 Å². The zero-order valence-corrected chi connectivity index (χ0v) is 7.94. The summed E-state index contributed by atoms with van der Waals surface area (Å²) in [5.74, 6) is 0. The van der Waals surface area contributed by atoms with E-state index in [0.717, 1.165) is 23.0 Å². The molecule has 0 fully saturated rings. The van der Waals surface area contributed by atoms with Crippen molar-refractivity contribution in [1.82, 2.24) is 0 Å². The van der Waals surface area contributed by atoms with Crippen LogP contribution >= 0.6 is 0 Å². The lowest BCUT2D eigenvalue weighted by atomic mass is 10.0. The maximum atomic E-state index is 5.98. The molecule has 0 amide bonds. The summed E-state index contributed by atoms with van der Waals surface area (Å²) in [6.07, 6.45) is 4.33. The summed E-state index contributed by atoms with van der Waals surface area (Å²) in [7, 11) is 0. The van der Waals surface area contributed by atoms with Crippen molar-refractivity contribution in [2.75, 3.05) is 0 Å². The normalized spacial score (nSPS) is 12.9. The van der Waals surface area contributed by atoms with Crippen molar-refractivity contribution >= 4 is 11.0 Å². The van der Waals surface area contributed by atoms with Crippen LogP contribution in [-0.4, -0.2) is 0 Å². The molecule has 1 heterocycles. The van der Waals surface area contributed by atoms with E-state index in [1.54, 1.807) is 6.26 Å². The van der Waals surface area contributed by atoms with E-state index >= 15 is 0 Å². The summed E-state index contributed by atoms with van der Waals surface area (Å²) in [5, 5.41) is 1.10. The number of benzene rings is 1. The summed E-state index contributed by atoms with van der Waals surface area (Å²) in [6, 6.07) is 7.89. The zero-order valence-electron chi connectivity index (χ0n) is 7.94. The Balaban J connectivity index is 2.47. The van der Waals surface area contributed by atoms with Gasteiger partial charge in [0.05, 0.1) is 6.26 Å². The third-order valence-electron chi connectivity index (χ3n) is 2.33. The molecule has 72 valence electrons. The smallest absolute Gasteiger partial charge is 0.134 e. The van der Waals surface area contributed by atoms with Gasteiger partial charge in [0.2, 0.25) is 0 Å². The van der Waals surface area contributed by atoms with Crippen LogP contribution in [0.3, 0.4) is 0 Å². The van der Waals surface area contributed by atoms with Gasteiger partial charge in [-0.25, -0.2) is 0 Å². The Kier molecular flexibility index (Phi) is 2.37. The standard InChI is InChI=1S/C12H13NO/c1-2-5-11(13)10-8-14-12-7-4-3-6-9(10)12/h2-4,6-8,11H,1,5,13H2/t11-/m1/s1. The number of hydrogen-bond acceptors (Lipinski definition) is 2. The molecule has 1 aromatic carbocycles. The molecule has 0 unspecified atom stereocenters. The van der Waals surface area contributed by atoms with Gasteiger partial charge < -0.3 is 10.2 Å². The van der Waals surface area contributed by atoms with E-state index in [2.05, 4.69) is 6.58 Å². The van der Waals surface area contributed by atoms with Crippen LogP contribution in [0.4, 0.5) is 0 Å². The molecule has 2 N–H and O–H groups in total. The van der Waals surface area contributed by atoms with E-state index in [4.69, 9.17) is 10.2 Å². The third kappa shape index (κ3) is 1.44. The predicted octanol–water partition coefficient (Wildman–Crippen LogP) is 3.01. The van der Waals surface area contributed by atoms with Crippen molar-refractivity contribution < 1.29 is 4.42 Å². The van der Waals surface area contributed by atoms with Gasteiger partial charge in [0.15, 0.2) is 0 Å². The van der Waals surface area contributed by atoms with Gasteiger partial charge in [-0.1, -0.05) is 24.3 Å². The van der Waals surface area contributed by atoms with Crippen LogP contribution in [0, 0.1) is 0 Å². The Labute approximate surface area is 83.0 Å². The largest absolute Gasteiger partial charge is 0.464 e. The average molecular weight is 187 g/mol. The molecule has 2 nitrogen and oxygen atoms in total. The van der Waals surface area contributed by atoms with Crippen LogP contribution in [0.2, 0.25) is 0 Å². The average Bonchev–Trinajstić information content (AvgIpc) is 2.61. The summed E-state index contributed by atoms with van der Waals surface area (Å²) >= 11 is 0. The molecule has 0 aliphatic heterocycles. The Morgan fingerprint density at radius 2 is 2.21 bits per heavy atom. The van der Waals surface area contributed by atoms with E-state index in [-0.39, 0.29) is 6.04 Å². The molecule has 14 heavy (non-hydrogen) atoms. The lowest BCUT2D eigenvalue weighted by Crippen LogP contribution is -2.07. The molecule has 1 atom stereocenters. The molecule has 2 aromatic rings. The fraction of sp³-hybridized carbons (Fsp3) is 0.167. The molecule has 2 rings (SSSR count). The zero-order chi connectivity index (χ0) is 9.97. The molecule has 0 aliphatic carbocycles. The topological polar surface area (TPSA) is 39.2 Å². The van der Waals surface area contributed by atoms with Crippen molar-refractivity contribution in [3.63, 3.8) is 0 Å². The highest BCUT2D eigenvalue weighted by molar-refractivity contribution is 5.81. The molecule has 0 saturated heterocycles. The number of nitrogens with two attached hydrogens (primary N) is 1. The molecule has 0 aliphatic rings. The highest BCUT2D eigenvalue weighted by atomic mass is 16.3. The van der Waals surface area contributed by atoms with Crippen LogP contribution in [0.15, 0.2) is 47.6 Å². The van der Waals surface area contributed by atoms with Gasteiger partial charge in [-0.2, -0.15) is 0 Å². The molecule has 0 bridgehead atoms. The first-order valence-corrected chi connectivity index (χ1v) is 4.65. The van der Waals surface area contributed by atoms with Gasteiger partial charge >= 0.3 is 0 Å². The summed E-state index contributed by atoms with van der Waals surface area (Å²) in [6.45, 7) is 3.68. The number of furan rings is 1. The highest BCUT2D eigenvalue weighted by Gasteiger charge is 2.10. The van der Waals surface area contributed by atoms with E-state index < -0.39 is 0 Å². The Bertz CT molecular complexity index is 444. The van der Waals surface area contributed by atoms with E-state index in [0.29, 0.717) is 0 Å². The van der Waals surface area contributed by atoms with Crippen molar-refractivity contribution in [1.29, 1.82) is 0 Å². The lowest BCUT2D eigenvalue weighted by molar-refractivity contribution is 0.601. The Morgan fingerprint density at radius 1 is 1.43 bits per heavy atom. The van der Waals surface area contributed by atoms with Crippen LogP contribution in [0.25, 0.3) is 11.0 Å². The van der Waals surface area contributed by atoms with Crippen LogP contribution in [0.1, 0.15) is 18.0 Å². The molecule has 2 heteroatoms. The fourth-order valence-electron chi connectivity index (χ4n) is 1.59. The second-order valence-electron chi connectivity index (χ2n) is 3.32. The van der Waals surface area contributed by atoms with Gasteiger partial charge in [-0.15, -0.1) is 6.58 Å². The first-order valence-electron chi connectivity index (χ1n) is 4.65. The van der Waals surface area contributed by atoms with E-state index in [9.17, 15) is 0 Å². The number of para-hydroxylation sites is 1. The fourth-order valence-corrected chi connectivity index (χ4v) is 1.59. The first kappa shape index (κ1) is 9.03. The molecular formula is C12H13NO. The van der Waals surface area contributed by atoms with E-state index in [1.807, 2.05) is 30.3 Å². The van der Waals surface area contributed by atoms with Gasteiger partial charge in [0.1, 0.15) is 5.58 Å². The molecular weight excluding hydrogens is 174 g/mol. The minimum absolute atomic E-state index is 0.0175. The minimum Gasteiger partial charge on any atom is -0.464 e. The Morgan fingerprint density at radius 3 is 3.00 bits per heavy atom. The summed E-state index contributed by atoms with van der Waals surface area (Å²) < 4.78 is 5.40. The second kappa shape index (κ2) is 3.68. The van der Waals surface area contributed by atoms with Crippen LogP contribution in [-0.2, 0) is 0 Å². The predicted molar refractivity (Wildman–Crippen MR) is 58.0 cm³/mol. The van der Waals surface area contributed by atoms with E-state index in [1.165, 1.54) is 0 Å². The van der Waals surface area contributed by atoms with Gasteiger partial charge in [0.25, 0.3) is 0 Å². The van der Waals surface area contributed by atoms with Crippen LogP contribution < -0.4 is 5.73 Å². The maximum Gasteiger partial charge on any atom is 0.134 e. The van der Waals surface area contributed by atoms with Crippen molar-refractivity contribution in [3.8, 4) is 0 Å². The molecule has 0 saturated carbocycles. The van der Waals surface area contributed by atoms with Gasteiger partial charge in [-0.05, 0) is 12.5 Å². The van der Waals surface area contributed by atoms with Gasteiger partial charge in [0, 0.05) is 17.0 Å². The highest BCUT2D eigenvalue weighted by Crippen LogP contribution is 2.26. The third-order valence-corrected chi connectivity index (χ3v) is 2.33. The Hall–Kier alpha value is -1.54. The monoisotopic (exact) mass is 187 g/mol. The number of fused-ring (bicyclic) bond motifs is 1. The second-order valence-corrected chi connectivity index (χ2v) is 3.32. The minimum atomic E-state index is -0.0175.